The zero-order chi connectivity index (χ0) is 14.5. The molecule has 2 N–H and O–H groups in total. The molecule has 0 aromatic heterocycles. The summed E-state index contributed by atoms with van der Waals surface area (Å²) in [6.07, 6.45) is 0. The first-order valence-electron chi connectivity index (χ1n) is 6.87. The fourth-order valence-corrected chi connectivity index (χ4v) is 2.42. The molecule has 0 spiro atoms. The predicted molar refractivity (Wildman–Crippen MR) is 84.0 cm³/mol. The topological polar surface area (TPSA) is 24.1 Å². The van der Waals surface area contributed by atoms with E-state index in [1.807, 2.05) is 0 Å². The monoisotopic (exact) mass is 272 g/mol. The Labute approximate surface area is 120 Å². The maximum atomic E-state index is 12.8. The van der Waals surface area contributed by atoms with Gasteiger partial charge in [0.15, 0.2) is 0 Å². The predicted octanol–water partition coefficient (Wildman–Crippen LogP) is 4.27. The van der Waals surface area contributed by atoms with Crippen LogP contribution in [0.4, 0.5) is 15.8 Å². The van der Waals surface area contributed by atoms with Crippen molar-refractivity contribution in [1.29, 1.82) is 0 Å². The number of aryl methyl sites for hydroxylation is 3. The molecule has 2 aromatic carbocycles. The molecule has 106 valence electrons. The SMILES string of the molecule is Cc1cc(C)c(NCCNc2ccc(F)cc2)c(C)c1. The maximum absolute atomic E-state index is 12.8. The molecule has 20 heavy (non-hydrogen) atoms. The molecule has 0 fully saturated rings. The standard InChI is InChI=1S/C17H21FN2/c1-12-10-13(2)17(14(3)11-12)20-9-8-19-16-6-4-15(18)5-7-16/h4-7,10-11,19-20H,8-9H2,1-3H3. The summed E-state index contributed by atoms with van der Waals surface area (Å²) < 4.78 is 12.8. The molecule has 0 aliphatic rings. The third kappa shape index (κ3) is 3.73. The molecule has 0 amide bonds. The number of halogens is 1. The lowest BCUT2D eigenvalue weighted by molar-refractivity contribution is 0.628. The van der Waals surface area contributed by atoms with Gasteiger partial charge in [0.25, 0.3) is 0 Å². The van der Waals surface area contributed by atoms with Crippen molar-refractivity contribution in [2.45, 2.75) is 20.8 Å². The van der Waals surface area contributed by atoms with Crippen LogP contribution in [0.25, 0.3) is 0 Å². The molecule has 0 saturated carbocycles. The highest BCUT2D eigenvalue weighted by Gasteiger charge is 2.02. The molecule has 0 unspecified atom stereocenters. The summed E-state index contributed by atoms with van der Waals surface area (Å²) in [4.78, 5) is 0. The second-order valence-corrected chi connectivity index (χ2v) is 5.13. The minimum absolute atomic E-state index is 0.209. The first-order valence-corrected chi connectivity index (χ1v) is 6.87. The summed E-state index contributed by atoms with van der Waals surface area (Å²) in [5.74, 6) is -0.209. The van der Waals surface area contributed by atoms with Crippen molar-refractivity contribution in [2.75, 3.05) is 23.7 Å². The second-order valence-electron chi connectivity index (χ2n) is 5.13. The van der Waals surface area contributed by atoms with Gasteiger partial charge in [0, 0.05) is 24.5 Å². The number of hydrogen-bond donors (Lipinski definition) is 2. The van der Waals surface area contributed by atoms with Crippen molar-refractivity contribution in [3.05, 3.63) is 58.9 Å². The summed E-state index contributed by atoms with van der Waals surface area (Å²) in [7, 11) is 0. The Morgan fingerprint density at radius 1 is 0.850 bits per heavy atom. The first-order chi connectivity index (χ1) is 9.56. The Morgan fingerprint density at radius 2 is 1.40 bits per heavy atom. The first kappa shape index (κ1) is 14.4. The number of hydrogen-bond acceptors (Lipinski definition) is 2. The van der Waals surface area contributed by atoms with Crippen LogP contribution < -0.4 is 10.6 Å². The molecule has 0 bridgehead atoms. The second kappa shape index (κ2) is 6.42. The highest BCUT2D eigenvalue weighted by Crippen LogP contribution is 2.21. The van der Waals surface area contributed by atoms with Gasteiger partial charge in [-0.05, 0) is 56.2 Å². The molecule has 3 heteroatoms. The van der Waals surface area contributed by atoms with E-state index in [1.165, 1.54) is 34.5 Å². The quantitative estimate of drug-likeness (QED) is 0.794. The molecule has 0 aliphatic heterocycles. The van der Waals surface area contributed by atoms with E-state index in [1.54, 1.807) is 12.1 Å². The number of benzene rings is 2. The zero-order valence-electron chi connectivity index (χ0n) is 12.3. The van der Waals surface area contributed by atoms with Crippen molar-refractivity contribution >= 4 is 11.4 Å². The molecule has 2 rings (SSSR count). The minimum Gasteiger partial charge on any atom is -0.383 e. The summed E-state index contributed by atoms with van der Waals surface area (Å²) in [5.41, 5.74) is 5.96. The van der Waals surface area contributed by atoms with Gasteiger partial charge in [-0.15, -0.1) is 0 Å². The van der Waals surface area contributed by atoms with Crippen molar-refractivity contribution in [3.8, 4) is 0 Å². The Balaban J connectivity index is 1.86. The van der Waals surface area contributed by atoms with Gasteiger partial charge >= 0.3 is 0 Å². The smallest absolute Gasteiger partial charge is 0.123 e. The summed E-state index contributed by atoms with van der Waals surface area (Å²) in [6.45, 7) is 7.96. The summed E-state index contributed by atoms with van der Waals surface area (Å²) in [5, 5.41) is 6.72. The van der Waals surface area contributed by atoms with Crippen molar-refractivity contribution < 1.29 is 4.39 Å². The summed E-state index contributed by atoms with van der Waals surface area (Å²) in [6, 6.07) is 10.8. The molecule has 2 aromatic rings. The Kier molecular flexibility index (Phi) is 4.61. The van der Waals surface area contributed by atoms with Crippen molar-refractivity contribution in [1.82, 2.24) is 0 Å². The van der Waals surface area contributed by atoms with Crippen LogP contribution in [-0.2, 0) is 0 Å². The van der Waals surface area contributed by atoms with Gasteiger partial charge in [0.1, 0.15) is 5.82 Å². The van der Waals surface area contributed by atoms with Crippen LogP contribution in [0.2, 0.25) is 0 Å². The van der Waals surface area contributed by atoms with E-state index in [4.69, 9.17) is 0 Å². The lowest BCUT2D eigenvalue weighted by Gasteiger charge is -2.14. The molecular formula is C17H21FN2. The van der Waals surface area contributed by atoms with Gasteiger partial charge < -0.3 is 10.6 Å². The number of rotatable bonds is 5. The van der Waals surface area contributed by atoms with Crippen LogP contribution in [0.5, 0.6) is 0 Å². The molecule has 0 aliphatic carbocycles. The molecular weight excluding hydrogens is 251 g/mol. The van der Waals surface area contributed by atoms with Gasteiger partial charge in [-0.3, -0.25) is 0 Å². The van der Waals surface area contributed by atoms with E-state index in [2.05, 4.69) is 43.5 Å². The highest BCUT2D eigenvalue weighted by atomic mass is 19.1. The fourth-order valence-electron chi connectivity index (χ4n) is 2.42. The fraction of sp³-hybridized carbons (Fsp3) is 0.294. The lowest BCUT2D eigenvalue weighted by atomic mass is 10.1. The largest absolute Gasteiger partial charge is 0.383 e. The third-order valence-electron chi connectivity index (χ3n) is 3.28. The summed E-state index contributed by atoms with van der Waals surface area (Å²) >= 11 is 0. The van der Waals surface area contributed by atoms with Crippen molar-refractivity contribution in [3.63, 3.8) is 0 Å². The average Bonchev–Trinajstić information content (AvgIpc) is 2.39. The molecule has 0 heterocycles. The van der Waals surface area contributed by atoms with E-state index in [-0.39, 0.29) is 5.82 Å². The van der Waals surface area contributed by atoms with Crippen LogP contribution in [0, 0.1) is 26.6 Å². The van der Waals surface area contributed by atoms with Gasteiger partial charge in [-0.25, -0.2) is 4.39 Å². The van der Waals surface area contributed by atoms with Gasteiger partial charge in [-0.2, -0.15) is 0 Å². The van der Waals surface area contributed by atoms with Gasteiger partial charge in [-0.1, -0.05) is 17.7 Å². The van der Waals surface area contributed by atoms with Crippen molar-refractivity contribution in [2.24, 2.45) is 0 Å². The lowest BCUT2D eigenvalue weighted by Crippen LogP contribution is -2.15. The van der Waals surface area contributed by atoms with Gasteiger partial charge in [0.05, 0.1) is 0 Å². The van der Waals surface area contributed by atoms with E-state index in [9.17, 15) is 4.39 Å². The Hall–Kier alpha value is -2.03. The van der Waals surface area contributed by atoms with Crippen LogP contribution in [0.3, 0.4) is 0 Å². The average molecular weight is 272 g/mol. The highest BCUT2D eigenvalue weighted by molar-refractivity contribution is 5.58. The molecule has 0 radical (unpaired) electrons. The number of nitrogens with one attached hydrogen (secondary N) is 2. The molecule has 2 nitrogen and oxygen atoms in total. The van der Waals surface area contributed by atoms with E-state index in [0.717, 1.165) is 18.8 Å². The maximum Gasteiger partial charge on any atom is 0.123 e. The Morgan fingerprint density at radius 3 is 2.00 bits per heavy atom. The van der Waals surface area contributed by atoms with Gasteiger partial charge in [0.2, 0.25) is 0 Å². The van der Waals surface area contributed by atoms with E-state index >= 15 is 0 Å². The van der Waals surface area contributed by atoms with Crippen LogP contribution in [0.1, 0.15) is 16.7 Å². The van der Waals surface area contributed by atoms with Crippen LogP contribution in [0.15, 0.2) is 36.4 Å². The Bertz CT molecular complexity index is 553. The minimum atomic E-state index is -0.209. The van der Waals surface area contributed by atoms with E-state index < -0.39 is 0 Å². The van der Waals surface area contributed by atoms with Crippen LogP contribution in [-0.4, -0.2) is 13.1 Å². The number of anilines is 2. The van der Waals surface area contributed by atoms with Crippen LogP contribution >= 0.6 is 0 Å². The third-order valence-corrected chi connectivity index (χ3v) is 3.28. The normalized spacial score (nSPS) is 10.4. The molecule has 0 atom stereocenters. The van der Waals surface area contributed by atoms with E-state index in [0.29, 0.717) is 0 Å². The zero-order valence-corrected chi connectivity index (χ0v) is 12.3. The molecule has 0 saturated heterocycles.